The largest absolute Gasteiger partial charge is 0.489 e. The number of rotatable bonds is 10. The van der Waals surface area contributed by atoms with Crippen molar-refractivity contribution in [3.8, 4) is 22.9 Å². The van der Waals surface area contributed by atoms with E-state index in [0.29, 0.717) is 30.4 Å². The molecule has 8 heteroatoms. The Bertz CT molecular complexity index is 728. The Morgan fingerprint density at radius 2 is 1.81 bits per heavy atom. The molecule has 0 radical (unpaired) electrons. The highest BCUT2D eigenvalue weighted by atomic mass is 16.6. The summed E-state index contributed by atoms with van der Waals surface area (Å²) in [5.74, 6) is 0.237. The molecule has 2 aromatic heterocycles. The highest BCUT2D eigenvalue weighted by molar-refractivity contribution is 5.87. The third-order valence-corrected chi connectivity index (χ3v) is 3.67. The van der Waals surface area contributed by atoms with E-state index in [9.17, 15) is 10.0 Å². The summed E-state index contributed by atoms with van der Waals surface area (Å²) in [4.78, 5) is 11.5. The van der Waals surface area contributed by atoms with Gasteiger partial charge >= 0.3 is 5.97 Å². The van der Waals surface area contributed by atoms with Gasteiger partial charge in [-0.1, -0.05) is 31.8 Å². The quantitative estimate of drug-likeness (QED) is 0.299. The number of methoxy groups -OCH3 is 1. The van der Waals surface area contributed by atoms with Crippen LogP contribution in [0.3, 0.4) is 0 Å². The van der Waals surface area contributed by atoms with Crippen LogP contribution in [0.4, 0.5) is 0 Å². The molecular formula is C18H25N2O6+. The number of aromatic nitrogens is 2. The molecule has 2 heterocycles. The van der Waals surface area contributed by atoms with Crippen molar-refractivity contribution in [3.05, 3.63) is 24.1 Å². The summed E-state index contributed by atoms with van der Waals surface area (Å²) in [5.41, 5.74) is 0.576. The first-order valence-corrected chi connectivity index (χ1v) is 8.70. The van der Waals surface area contributed by atoms with Gasteiger partial charge in [-0.15, -0.1) is 0 Å². The van der Waals surface area contributed by atoms with Crippen LogP contribution in [0.2, 0.25) is 0 Å². The molecule has 0 atom stereocenters. The molecule has 2 rings (SSSR count). The van der Waals surface area contributed by atoms with E-state index in [1.165, 1.54) is 19.4 Å². The number of esters is 1. The molecule has 0 saturated heterocycles. The van der Waals surface area contributed by atoms with Gasteiger partial charge in [-0.25, -0.2) is 4.79 Å². The summed E-state index contributed by atoms with van der Waals surface area (Å²) in [6.07, 6.45) is 5.20. The van der Waals surface area contributed by atoms with E-state index < -0.39 is 5.97 Å². The van der Waals surface area contributed by atoms with Crippen LogP contribution in [0.5, 0.6) is 11.5 Å². The van der Waals surface area contributed by atoms with Crippen molar-refractivity contribution in [2.45, 2.75) is 39.5 Å². The van der Waals surface area contributed by atoms with Crippen molar-refractivity contribution < 1.29 is 33.5 Å². The lowest BCUT2D eigenvalue weighted by atomic mass is 10.2. The molecule has 8 nitrogen and oxygen atoms in total. The van der Waals surface area contributed by atoms with E-state index >= 15 is 0 Å². The van der Waals surface area contributed by atoms with Gasteiger partial charge in [0.05, 0.1) is 26.4 Å². The van der Waals surface area contributed by atoms with Gasteiger partial charge in [0, 0.05) is 10.8 Å². The molecule has 0 spiro atoms. The first-order valence-electron chi connectivity index (χ1n) is 8.70. The van der Waals surface area contributed by atoms with Gasteiger partial charge < -0.3 is 18.7 Å². The molecule has 142 valence electrons. The Balaban J connectivity index is 2.32. The van der Waals surface area contributed by atoms with Crippen molar-refractivity contribution in [1.29, 1.82) is 0 Å². The molecule has 1 N–H and O–H groups in total. The van der Waals surface area contributed by atoms with Crippen LogP contribution < -0.4 is 14.2 Å². The van der Waals surface area contributed by atoms with Gasteiger partial charge in [-0.05, 0) is 12.8 Å². The summed E-state index contributed by atoms with van der Waals surface area (Å²) < 4.78 is 21.9. The molecule has 0 fully saturated rings. The Hall–Kier alpha value is -2.77. The molecule has 0 bridgehead atoms. The molecule has 0 amide bonds. The summed E-state index contributed by atoms with van der Waals surface area (Å²) >= 11 is 0. The fraction of sp³-hybridized carbons (Fsp3) is 0.500. The van der Waals surface area contributed by atoms with E-state index in [1.54, 1.807) is 6.07 Å². The number of pyridine rings is 1. The number of ether oxygens (including phenoxy) is 3. The SMILES string of the molecule is CCCCOc1cc(-c2cc(C(=O)OC)on2)[n+](O)cc1OCCCC. The molecular weight excluding hydrogens is 340 g/mol. The third-order valence-electron chi connectivity index (χ3n) is 3.67. The smallest absolute Gasteiger partial charge is 0.376 e. The number of carbonyl (C=O) groups excluding carboxylic acids is 1. The van der Waals surface area contributed by atoms with Crippen LogP contribution in [0.15, 0.2) is 22.9 Å². The Morgan fingerprint density at radius 3 is 2.42 bits per heavy atom. The Morgan fingerprint density at radius 1 is 1.15 bits per heavy atom. The standard InChI is InChI=1S/C18H25N2O6/c1-4-6-8-24-15-11-14(13-10-16(26-19-13)18(21)23-3)20(22)12-17(15)25-9-7-5-2/h10-12,22H,4-9H2,1-3H3/q+1. The normalized spacial score (nSPS) is 10.6. The lowest BCUT2D eigenvalue weighted by molar-refractivity contribution is -0.896. The van der Waals surface area contributed by atoms with Gasteiger partial charge in [0.1, 0.15) is 0 Å². The average Bonchev–Trinajstić information content (AvgIpc) is 3.13. The summed E-state index contributed by atoms with van der Waals surface area (Å²) in [7, 11) is 1.25. The van der Waals surface area contributed by atoms with Gasteiger partial charge in [-0.2, -0.15) is 0 Å². The maximum Gasteiger partial charge on any atom is 0.376 e. The molecule has 0 aliphatic carbocycles. The fourth-order valence-electron chi connectivity index (χ4n) is 2.16. The zero-order valence-electron chi connectivity index (χ0n) is 15.4. The average molecular weight is 365 g/mol. The van der Waals surface area contributed by atoms with Crippen molar-refractivity contribution >= 4 is 5.97 Å². The van der Waals surface area contributed by atoms with Crippen LogP contribution in [-0.2, 0) is 4.74 Å². The van der Waals surface area contributed by atoms with Crippen LogP contribution in [0, 0.1) is 0 Å². The first kappa shape index (κ1) is 19.6. The summed E-state index contributed by atoms with van der Waals surface area (Å²) in [5, 5.41) is 14.1. The molecule has 0 aliphatic rings. The van der Waals surface area contributed by atoms with Crippen molar-refractivity contribution in [1.82, 2.24) is 5.16 Å². The third kappa shape index (κ3) is 4.87. The Kier molecular flexibility index (Phi) is 7.25. The molecule has 0 saturated carbocycles. The fourth-order valence-corrected chi connectivity index (χ4v) is 2.16. The minimum absolute atomic E-state index is 0.0563. The van der Waals surface area contributed by atoms with Crippen LogP contribution in [0.25, 0.3) is 11.4 Å². The second-order valence-electron chi connectivity index (χ2n) is 5.70. The minimum Gasteiger partial charge on any atom is -0.489 e. The summed E-state index contributed by atoms with van der Waals surface area (Å²) in [6.45, 7) is 5.20. The number of hydrogen-bond acceptors (Lipinski definition) is 7. The van der Waals surface area contributed by atoms with Gasteiger partial charge in [0.2, 0.25) is 11.5 Å². The lowest BCUT2D eigenvalue weighted by Crippen LogP contribution is -2.33. The molecule has 0 unspecified atom stereocenters. The monoisotopic (exact) mass is 365 g/mol. The summed E-state index contributed by atoms with van der Waals surface area (Å²) in [6, 6.07) is 3.00. The minimum atomic E-state index is -0.646. The zero-order chi connectivity index (χ0) is 18.9. The van der Waals surface area contributed by atoms with Crippen LogP contribution >= 0.6 is 0 Å². The van der Waals surface area contributed by atoms with Crippen LogP contribution in [-0.4, -0.2) is 36.7 Å². The van der Waals surface area contributed by atoms with E-state index in [-0.39, 0.29) is 11.5 Å². The van der Waals surface area contributed by atoms with Gasteiger partial charge in [0.25, 0.3) is 11.9 Å². The number of hydrogen-bond donors (Lipinski definition) is 1. The molecule has 2 aromatic rings. The van der Waals surface area contributed by atoms with Crippen molar-refractivity contribution in [2.24, 2.45) is 0 Å². The number of unbranched alkanes of at least 4 members (excludes halogenated alkanes) is 2. The highest BCUT2D eigenvalue weighted by Gasteiger charge is 2.25. The first-order chi connectivity index (χ1) is 12.6. The van der Waals surface area contributed by atoms with E-state index in [2.05, 4.69) is 23.7 Å². The predicted octanol–water partition coefficient (Wildman–Crippen LogP) is 3.01. The number of carbonyl (C=O) groups is 1. The topological polar surface area (TPSA) is 94.9 Å². The van der Waals surface area contributed by atoms with E-state index in [4.69, 9.17) is 14.0 Å². The van der Waals surface area contributed by atoms with E-state index in [0.717, 1.165) is 30.4 Å². The predicted molar refractivity (Wildman–Crippen MR) is 91.5 cm³/mol. The zero-order valence-corrected chi connectivity index (χ0v) is 15.4. The maximum atomic E-state index is 11.5. The highest BCUT2D eigenvalue weighted by Crippen LogP contribution is 2.30. The maximum absolute atomic E-state index is 11.5. The van der Waals surface area contributed by atoms with Crippen molar-refractivity contribution in [3.63, 3.8) is 0 Å². The van der Waals surface area contributed by atoms with Crippen molar-refractivity contribution in [2.75, 3.05) is 20.3 Å². The Labute approximate surface area is 152 Å². The van der Waals surface area contributed by atoms with Crippen LogP contribution in [0.1, 0.15) is 50.1 Å². The van der Waals surface area contributed by atoms with Gasteiger partial charge in [0.15, 0.2) is 11.4 Å². The molecule has 0 aromatic carbocycles. The lowest BCUT2D eigenvalue weighted by Gasteiger charge is -2.11. The molecule has 0 aliphatic heterocycles. The molecule has 26 heavy (non-hydrogen) atoms. The second kappa shape index (κ2) is 9.65. The number of nitrogens with zero attached hydrogens (tertiary/aromatic N) is 2. The second-order valence-corrected chi connectivity index (χ2v) is 5.70. The van der Waals surface area contributed by atoms with E-state index in [1.807, 2.05) is 0 Å². The van der Waals surface area contributed by atoms with Gasteiger partial charge in [-0.3, -0.25) is 5.21 Å².